The first-order valence-corrected chi connectivity index (χ1v) is 11.2. The summed E-state index contributed by atoms with van der Waals surface area (Å²) in [4.78, 5) is 21.9. The molecule has 0 atom stereocenters. The molecule has 3 aromatic heterocycles. The molecule has 4 nitrogen and oxygen atoms in total. The Morgan fingerprint density at radius 3 is 2.76 bits per heavy atom. The van der Waals surface area contributed by atoms with E-state index in [-0.39, 0.29) is 11.9 Å². The number of fused-ring (bicyclic) bond motifs is 1. The van der Waals surface area contributed by atoms with Gasteiger partial charge in [0, 0.05) is 17.6 Å². The molecule has 3 rings (SSSR count). The van der Waals surface area contributed by atoms with Gasteiger partial charge in [0.05, 0.1) is 24.1 Å². The summed E-state index contributed by atoms with van der Waals surface area (Å²) in [6, 6.07) is 2.08. The standard InChI is InChI=1S/C17H18BrN3OS3/c1-8(2)20-12(22)7-23-17-19-6-5-11(21-17)14-9(3)13-10(4)15(18)25-16(13)24-14/h5-6,8H,7H2,1-4H3,(H,20,22). The number of aromatic nitrogens is 2. The van der Waals surface area contributed by atoms with E-state index in [4.69, 9.17) is 0 Å². The fourth-order valence-corrected chi connectivity index (χ4v) is 6.73. The Labute approximate surface area is 167 Å². The van der Waals surface area contributed by atoms with Gasteiger partial charge in [-0.05, 0) is 60.8 Å². The van der Waals surface area contributed by atoms with E-state index >= 15 is 0 Å². The van der Waals surface area contributed by atoms with Gasteiger partial charge in [-0.25, -0.2) is 9.97 Å². The highest BCUT2D eigenvalue weighted by atomic mass is 79.9. The van der Waals surface area contributed by atoms with E-state index in [0.717, 1.165) is 5.69 Å². The van der Waals surface area contributed by atoms with Crippen LogP contribution in [0, 0.1) is 13.8 Å². The molecule has 132 valence electrons. The van der Waals surface area contributed by atoms with Crippen LogP contribution in [0.2, 0.25) is 0 Å². The molecule has 0 radical (unpaired) electrons. The summed E-state index contributed by atoms with van der Waals surface area (Å²) in [6.45, 7) is 8.18. The Balaban J connectivity index is 1.84. The zero-order valence-electron chi connectivity index (χ0n) is 14.3. The zero-order valence-corrected chi connectivity index (χ0v) is 18.4. The van der Waals surface area contributed by atoms with Crippen LogP contribution >= 0.6 is 50.4 Å². The maximum Gasteiger partial charge on any atom is 0.230 e. The first-order valence-electron chi connectivity index (χ1n) is 7.80. The number of thiophene rings is 2. The summed E-state index contributed by atoms with van der Waals surface area (Å²) >= 11 is 8.52. The van der Waals surface area contributed by atoms with Crippen LogP contribution in [0.1, 0.15) is 25.0 Å². The quantitative estimate of drug-likeness (QED) is 0.412. The Kier molecular flexibility index (Phi) is 5.82. The second-order valence-corrected chi connectivity index (χ2v) is 10.5. The molecule has 3 heterocycles. The molecule has 25 heavy (non-hydrogen) atoms. The SMILES string of the molecule is Cc1c(Br)sc2sc(-c3ccnc(SCC(=O)NC(C)C)n3)c(C)c12. The fraction of sp³-hybridized carbons (Fsp3) is 0.353. The topological polar surface area (TPSA) is 54.9 Å². The molecular formula is C17H18BrN3OS3. The van der Waals surface area contributed by atoms with Crippen molar-refractivity contribution in [2.45, 2.75) is 38.9 Å². The Hall–Kier alpha value is -0.960. The summed E-state index contributed by atoms with van der Waals surface area (Å²) in [5.41, 5.74) is 3.46. The number of aryl methyl sites for hydroxylation is 2. The molecule has 0 saturated heterocycles. The minimum Gasteiger partial charge on any atom is -0.353 e. The third-order valence-corrected chi connectivity index (χ3v) is 8.04. The van der Waals surface area contributed by atoms with E-state index in [1.165, 1.54) is 41.0 Å². The van der Waals surface area contributed by atoms with Crippen LogP contribution in [-0.4, -0.2) is 27.7 Å². The van der Waals surface area contributed by atoms with Crippen molar-refractivity contribution in [1.29, 1.82) is 0 Å². The molecule has 0 aliphatic rings. The van der Waals surface area contributed by atoms with Gasteiger partial charge in [-0.15, -0.1) is 22.7 Å². The predicted octanol–water partition coefficient (Wildman–Crippen LogP) is 5.42. The van der Waals surface area contributed by atoms with Gasteiger partial charge in [-0.2, -0.15) is 0 Å². The molecule has 0 aromatic carbocycles. The van der Waals surface area contributed by atoms with Gasteiger partial charge in [-0.1, -0.05) is 11.8 Å². The van der Waals surface area contributed by atoms with Crippen LogP contribution in [0.25, 0.3) is 20.0 Å². The number of halogens is 1. The maximum absolute atomic E-state index is 11.8. The van der Waals surface area contributed by atoms with Gasteiger partial charge in [-0.3, -0.25) is 4.79 Å². The van der Waals surface area contributed by atoms with Crippen molar-refractivity contribution in [3.8, 4) is 10.6 Å². The Bertz CT molecular complexity index is 933. The second kappa shape index (κ2) is 7.73. The molecule has 1 N–H and O–H groups in total. The number of rotatable bonds is 5. The number of carbonyl (C=O) groups excluding carboxylic acids is 1. The molecular weight excluding hydrogens is 438 g/mol. The van der Waals surface area contributed by atoms with Crippen molar-refractivity contribution >= 4 is 65.7 Å². The third kappa shape index (κ3) is 4.07. The van der Waals surface area contributed by atoms with Crippen molar-refractivity contribution < 1.29 is 4.79 Å². The van der Waals surface area contributed by atoms with Crippen LogP contribution in [0.15, 0.2) is 21.2 Å². The highest BCUT2D eigenvalue weighted by Crippen LogP contribution is 2.46. The molecule has 0 aliphatic heterocycles. The third-order valence-electron chi connectivity index (χ3n) is 3.61. The van der Waals surface area contributed by atoms with Crippen molar-refractivity contribution in [1.82, 2.24) is 15.3 Å². The Morgan fingerprint density at radius 1 is 1.32 bits per heavy atom. The van der Waals surface area contributed by atoms with Crippen molar-refractivity contribution in [3.05, 3.63) is 27.2 Å². The predicted molar refractivity (Wildman–Crippen MR) is 112 cm³/mol. The van der Waals surface area contributed by atoms with Crippen molar-refractivity contribution in [3.63, 3.8) is 0 Å². The highest BCUT2D eigenvalue weighted by molar-refractivity contribution is 9.11. The second-order valence-electron chi connectivity index (χ2n) is 5.95. The monoisotopic (exact) mass is 455 g/mol. The number of hydrogen-bond acceptors (Lipinski definition) is 6. The lowest BCUT2D eigenvalue weighted by atomic mass is 10.1. The van der Waals surface area contributed by atoms with Crippen LogP contribution in [-0.2, 0) is 4.79 Å². The van der Waals surface area contributed by atoms with Crippen molar-refractivity contribution in [2.24, 2.45) is 0 Å². The van der Waals surface area contributed by atoms with Gasteiger partial charge in [0.1, 0.15) is 0 Å². The van der Waals surface area contributed by atoms with E-state index in [1.807, 2.05) is 19.9 Å². The number of hydrogen-bond donors (Lipinski definition) is 1. The number of nitrogens with zero attached hydrogens (tertiary/aromatic N) is 2. The molecule has 0 saturated carbocycles. The first-order chi connectivity index (χ1) is 11.9. The zero-order chi connectivity index (χ0) is 18.1. The molecule has 0 spiro atoms. The summed E-state index contributed by atoms with van der Waals surface area (Å²) in [6.07, 6.45) is 1.76. The van der Waals surface area contributed by atoms with Gasteiger partial charge in [0.2, 0.25) is 5.91 Å². The van der Waals surface area contributed by atoms with Crippen LogP contribution in [0.4, 0.5) is 0 Å². The fourth-order valence-electron chi connectivity index (χ4n) is 2.52. The van der Waals surface area contributed by atoms with Crippen molar-refractivity contribution in [2.75, 3.05) is 5.75 Å². The van der Waals surface area contributed by atoms with E-state index in [0.29, 0.717) is 10.9 Å². The lowest BCUT2D eigenvalue weighted by Gasteiger charge is -2.07. The largest absolute Gasteiger partial charge is 0.353 e. The number of carbonyl (C=O) groups is 1. The summed E-state index contributed by atoms with van der Waals surface area (Å²) in [7, 11) is 0. The maximum atomic E-state index is 11.8. The molecule has 0 fully saturated rings. The van der Waals surface area contributed by atoms with Gasteiger partial charge < -0.3 is 5.32 Å². The lowest BCUT2D eigenvalue weighted by Crippen LogP contribution is -2.31. The van der Waals surface area contributed by atoms with Crippen LogP contribution < -0.4 is 5.32 Å². The number of amides is 1. The molecule has 8 heteroatoms. The molecule has 0 unspecified atom stereocenters. The van der Waals surface area contributed by atoms with Gasteiger partial charge >= 0.3 is 0 Å². The lowest BCUT2D eigenvalue weighted by molar-refractivity contribution is -0.119. The van der Waals surface area contributed by atoms with Gasteiger partial charge in [0.25, 0.3) is 0 Å². The van der Waals surface area contributed by atoms with Crippen LogP contribution in [0.5, 0.6) is 0 Å². The number of thioether (sulfide) groups is 1. The Morgan fingerprint density at radius 2 is 2.08 bits per heavy atom. The van der Waals surface area contributed by atoms with Crippen LogP contribution in [0.3, 0.4) is 0 Å². The molecule has 0 bridgehead atoms. The molecule has 0 aliphatic carbocycles. The minimum absolute atomic E-state index is 0.00213. The van der Waals surface area contributed by atoms with E-state index < -0.39 is 0 Å². The first kappa shape index (κ1) is 18.8. The number of nitrogens with one attached hydrogen (secondary N) is 1. The average molecular weight is 456 g/mol. The van der Waals surface area contributed by atoms with E-state index in [2.05, 4.69) is 45.1 Å². The summed E-state index contributed by atoms with van der Waals surface area (Å²) in [5, 5.41) is 4.83. The van der Waals surface area contributed by atoms with E-state index in [1.54, 1.807) is 28.9 Å². The highest BCUT2D eigenvalue weighted by Gasteiger charge is 2.18. The normalized spacial score (nSPS) is 11.4. The molecule has 1 amide bonds. The molecule has 3 aromatic rings. The minimum atomic E-state index is 0.00213. The smallest absolute Gasteiger partial charge is 0.230 e. The summed E-state index contributed by atoms with van der Waals surface area (Å²) in [5.74, 6) is 0.328. The average Bonchev–Trinajstić information content (AvgIpc) is 3.02. The van der Waals surface area contributed by atoms with Gasteiger partial charge in [0.15, 0.2) is 5.16 Å². The summed E-state index contributed by atoms with van der Waals surface area (Å²) < 4.78 is 2.50. The van der Waals surface area contributed by atoms with E-state index in [9.17, 15) is 4.79 Å².